The summed E-state index contributed by atoms with van der Waals surface area (Å²) in [5.74, 6) is 0.0451. The molecule has 1 saturated heterocycles. The Balaban J connectivity index is 1.75. The lowest BCUT2D eigenvalue weighted by Crippen LogP contribution is -2.52. The second-order valence-corrected chi connectivity index (χ2v) is 5.99. The van der Waals surface area contributed by atoms with Crippen molar-refractivity contribution in [1.82, 2.24) is 15.1 Å². The summed E-state index contributed by atoms with van der Waals surface area (Å²) >= 11 is 5.91. The Morgan fingerprint density at radius 2 is 1.96 bits per heavy atom. The summed E-state index contributed by atoms with van der Waals surface area (Å²) in [4.78, 5) is 27.7. The number of rotatable bonds is 5. The largest absolute Gasteiger partial charge is 0.355 e. The Bertz CT molecular complexity index is 545. The lowest BCUT2D eigenvalue weighted by Gasteiger charge is -2.34. The zero-order valence-corrected chi connectivity index (χ0v) is 14.1. The van der Waals surface area contributed by atoms with E-state index >= 15 is 0 Å². The molecular formula is C16H23ClN4O2. The summed E-state index contributed by atoms with van der Waals surface area (Å²) in [6, 6.07) is 6.94. The lowest BCUT2D eigenvalue weighted by atomic mass is 10.3. The van der Waals surface area contributed by atoms with Gasteiger partial charge in [-0.3, -0.25) is 9.69 Å². The predicted octanol–water partition coefficient (Wildman–Crippen LogP) is 2.02. The van der Waals surface area contributed by atoms with Crippen molar-refractivity contribution in [3.05, 3.63) is 29.3 Å². The normalized spacial score (nSPS) is 15.3. The number of urea groups is 1. The first-order chi connectivity index (χ1) is 11.1. The van der Waals surface area contributed by atoms with E-state index in [1.807, 2.05) is 6.92 Å². The Morgan fingerprint density at radius 1 is 1.22 bits per heavy atom. The minimum atomic E-state index is -0.137. The minimum Gasteiger partial charge on any atom is -0.355 e. The number of piperazine rings is 1. The molecule has 0 aromatic heterocycles. The Kier molecular flexibility index (Phi) is 6.67. The van der Waals surface area contributed by atoms with Crippen LogP contribution < -0.4 is 10.6 Å². The van der Waals surface area contributed by atoms with Gasteiger partial charge in [-0.15, -0.1) is 0 Å². The number of nitrogens with one attached hydrogen (secondary N) is 2. The number of carbonyl (C=O) groups is 2. The molecule has 1 fully saturated rings. The van der Waals surface area contributed by atoms with Crippen LogP contribution in [0.1, 0.15) is 13.3 Å². The molecule has 1 aliphatic heterocycles. The van der Waals surface area contributed by atoms with Crippen LogP contribution in [0.4, 0.5) is 10.5 Å². The van der Waals surface area contributed by atoms with Crippen molar-refractivity contribution in [3.63, 3.8) is 0 Å². The van der Waals surface area contributed by atoms with Gasteiger partial charge in [0, 0.05) is 43.4 Å². The van der Waals surface area contributed by atoms with Crippen LogP contribution in [0, 0.1) is 0 Å². The monoisotopic (exact) mass is 338 g/mol. The van der Waals surface area contributed by atoms with Crippen molar-refractivity contribution in [3.8, 4) is 0 Å². The first-order valence-electron chi connectivity index (χ1n) is 7.89. The maximum Gasteiger partial charge on any atom is 0.321 e. The van der Waals surface area contributed by atoms with E-state index in [2.05, 4.69) is 15.5 Å². The zero-order chi connectivity index (χ0) is 16.7. The van der Waals surface area contributed by atoms with Crippen LogP contribution in [-0.4, -0.2) is 61.0 Å². The predicted molar refractivity (Wildman–Crippen MR) is 91.8 cm³/mol. The Morgan fingerprint density at radius 3 is 2.61 bits per heavy atom. The molecule has 0 aliphatic carbocycles. The first-order valence-corrected chi connectivity index (χ1v) is 8.27. The van der Waals surface area contributed by atoms with Gasteiger partial charge < -0.3 is 15.5 Å². The fourth-order valence-electron chi connectivity index (χ4n) is 2.40. The van der Waals surface area contributed by atoms with Gasteiger partial charge in [0.15, 0.2) is 0 Å². The van der Waals surface area contributed by atoms with E-state index in [1.54, 1.807) is 29.2 Å². The second-order valence-electron chi connectivity index (χ2n) is 5.55. The van der Waals surface area contributed by atoms with Crippen molar-refractivity contribution in [2.45, 2.75) is 13.3 Å². The first kappa shape index (κ1) is 17.6. The zero-order valence-electron chi connectivity index (χ0n) is 13.3. The van der Waals surface area contributed by atoms with Crippen molar-refractivity contribution in [2.75, 3.05) is 44.6 Å². The van der Waals surface area contributed by atoms with Crippen molar-refractivity contribution in [2.24, 2.45) is 0 Å². The molecule has 2 rings (SSSR count). The lowest BCUT2D eigenvalue weighted by molar-refractivity contribution is -0.122. The fourth-order valence-corrected chi connectivity index (χ4v) is 2.59. The van der Waals surface area contributed by atoms with Crippen molar-refractivity contribution in [1.29, 1.82) is 0 Å². The quantitative estimate of drug-likeness (QED) is 0.863. The van der Waals surface area contributed by atoms with Crippen LogP contribution in [0.2, 0.25) is 5.02 Å². The third kappa shape index (κ3) is 5.73. The molecule has 7 heteroatoms. The van der Waals surface area contributed by atoms with Gasteiger partial charge in [0.1, 0.15) is 0 Å². The van der Waals surface area contributed by atoms with Gasteiger partial charge in [0.2, 0.25) is 5.91 Å². The smallest absolute Gasteiger partial charge is 0.321 e. The molecule has 0 saturated carbocycles. The summed E-state index contributed by atoms with van der Waals surface area (Å²) in [7, 11) is 0. The number of hydrogen-bond donors (Lipinski definition) is 2. The number of carbonyl (C=O) groups excluding carboxylic acids is 2. The van der Waals surface area contributed by atoms with Crippen LogP contribution in [0.25, 0.3) is 0 Å². The molecule has 1 heterocycles. The minimum absolute atomic E-state index is 0.0451. The summed E-state index contributed by atoms with van der Waals surface area (Å²) in [6.45, 7) is 5.73. The van der Waals surface area contributed by atoms with Gasteiger partial charge in [0.05, 0.1) is 6.54 Å². The van der Waals surface area contributed by atoms with Gasteiger partial charge in [-0.05, 0) is 24.6 Å². The van der Waals surface area contributed by atoms with Crippen LogP contribution in [0.5, 0.6) is 0 Å². The van der Waals surface area contributed by atoms with Crippen LogP contribution in [-0.2, 0) is 4.79 Å². The highest BCUT2D eigenvalue weighted by Crippen LogP contribution is 2.15. The van der Waals surface area contributed by atoms with E-state index in [0.29, 0.717) is 50.0 Å². The average Bonchev–Trinajstić information content (AvgIpc) is 2.53. The van der Waals surface area contributed by atoms with E-state index in [0.717, 1.165) is 6.42 Å². The molecule has 2 N–H and O–H groups in total. The third-order valence-electron chi connectivity index (χ3n) is 3.67. The number of anilines is 1. The van der Waals surface area contributed by atoms with E-state index in [-0.39, 0.29) is 11.9 Å². The van der Waals surface area contributed by atoms with E-state index in [4.69, 9.17) is 11.6 Å². The Hall–Kier alpha value is -1.79. The molecule has 23 heavy (non-hydrogen) atoms. The van der Waals surface area contributed by atoms with Crippen LogP contribution >= 0.6 is 11.6 Å². The molecule has 3 amide bonds. The van der Waals surface area contributed by atoms with Crippen LogP contribution in [0.3, 0.4) is 0 Å². The standard InChI is InChI=1S/C16H23ClN4O2/c1-2-6-18-15(22)12-20-7-9-21(10-8-20)16(23)19-14-5-3-4-13(17)11-14/h3-5,11H,2,6-10,12H2,1H3,(H,18,22)(H,19,23). The van der Waals surface area contributed by atoms with Gasteiger partial charge in [0.25, 0.3) is 0 Å². The summed E-state index contributed by atoms with van der Waals surface area (Å²) in [5.41, 5.74) is 0.684. The molecule has 1 aliphatic rings. The number of halogens is 1. The molecule has 0 bridgehead atoms. The second kappa shape index (κ2) is 8.74. The SMILES string of the molecule is CCCNC(=O)CN1CCN(C(=O)Nc2cccc(Cl)c2)CC1. The topological polar surface area (TPSA) is 64.7 Å². The number of amides is 3. The van der Waals surface area contributed by atoms with Gasteiger partial charge >= 0.3 is 6.03 Å². The molecule has 126 valence electrons. The molecule has 6 nitrogen and oxygen atoms in total. The Labute approximate surface area is 141 Å². The summed E-state index contributed by atoms with van der Waals surface area (Å²) in [6.07, 6.45) is 0.934. The molecule has 0 radical (unpaired) electrons. The average molecular weight is 339 g/mol. The highest BCUT2D eigenvalue weighted by molar-refractivity contribution is 6.30. The summed E-state index contributed by atoms with van der Waals surface area (Å²) < 4.78 is 0. The number of nitrogens with zero attached hydrogens (tertiary/aromatic N) is 2. The van der Waals surface area contributed by atoms with Gasteiger partial charge in [-0.2, -0.15) is 0 Å². The fraction of sp³-hybridized carbons (Fsp3) is 0.500. The van der Waals surface area contributed by atoms with E-state index in [9.17, 15) is 9.59 Å². The summed E-state index contributed by atoms with van der Waals surface area (Å²) in [5, 5.41) is 6.29. The van der Waals surface area contributed by atoms with E-state index in [1.165, 1.54) is 0 Å². The van der Waals surface area contributed by atoms with Gasteiger partial charge in [-0.25, -0.2) is 4.79 Å². The number of hydrogen-bond acceptors (Lipinski definition) is 3. The number of benzene rings is 1. The molecular weight excluding hydrogens is 316 g/mol. The van der Waals surface area contributed by atoms with Crippen molar-refractivity contribution >= 4 is 29.2 Å². The maximum absolute atomic E-state index is 12.2. The maximum atomic E-state index is 12.2. The molecule has 0 atom stereocenters. The highest BCUT2D eigenvalue weighted by Gasteiger charge is 2.22. The van der Waals surface area contributed by atoms with E-state index < -0.39 is 0 Å². The van der Waals surface area contributed by atoms with Gasteiger partial charge in [-0.1, -0.05) is 24.6 Å². The molecule has 1 aromatic carbocycles. The highest BCUT2D eigenvalue weighted by atomic mass is 35.5. The van der Waals surface area contributed by atoms with Crippen molar-refractivity contribution < 1.29 is 9.59 Å². The third-order valence-corrected chi connectivity index (χ3v) is 3.91. The van der Waals surface area contributed by atoms with Crippen LogP contribution in [0.15, 0.2) is 24.3 Å². The molecule has 1 aromatic rings. The molecule has 0 unspecified atom stereocenters. The molecule has 0 spiro atoms.